The van der Waals surface area contributed by atoms with E-state index in [0.717, 1.165) is 21.3 Å². The molecule has 7 nitrogen and oxygen atoms in total. The standard InChI is InChI=1S/C18H10BrN5O2S/c1-23-12-3-2-10(19)8-11(12)13(16(23)25)14-17(26)24-18(27-14)21-15(22-24)9-4-6-20-7-5-9/h2-8H,1H3/b14-13-. The van der Waals surface area contributed by atoms with Crippen molar-refractivity contribution < 1.29 is 4.79 Å². The quantitative estimate of drug-likeness (QED) is 0.452. The number of nitrogens with zero attached hydrogens (tertiary/aromatic N) is 5. The molecule has 9 heteroatoms. The Hall–Kier alpha value is -2.91. The van der Waals surface area contributed by atoms with Crippen LogP contribution in [0.4, 0.5) is 5.69 Å². The van der Waals surface area contributed by atoms with Gasteiger partial charge in [-0.05, 0) is 30.3 Å². The van der Waals surface area contributed by atoms with E-state index in [1.54, 1.807) is 36.5 Å². The van der Waals surface area contributed by atoms with Crippen molar-refractivity contribution >= 4 is 49.4 Å². The lowest BCUT2D eigenvalue weighted by Gasteiger charge is -2.08. The predicted octanol–water partition coefficient (Wildman–Crippen LogP) is 1.87. The zero-order chi connectivity index (χ0) is 18.7. The molecule has 0 atom stereocenters. The monoisotopic (exact) mass is 439 g/mol. The van der Waals surface area contributed by atoms with E-state index in [1.807, 2.05) is 18.2 Å². The molecule has 27 heavy (non-hydrogen) atoms. The normalized spacial score (nSPS) is 15.6. The highest BCUT2D eigenvalue weighted by Crippen LogP contribution is 2.36. The van der Waals surface area contributed by atoms with Gasteiger partial charge in [-0.2, -0.15) is 9.50 Å². The first-order valence-corrected chi connectivity index (χ1v) is 9.58. The smallest absolute Gasteiger partial charge is 0.291 e. The SMILES string of the molecule is CN1C(=O)/C(=c2\sc3nc(-c4ccncc4)nn3c2=O)c2cc(Br)ccc21. The maximum atomic E-state index is 13.0. The molecule has 0 aliphatic carbocycles. The van der Waals surface area contributed by atoms with Gasteiger partial charge in [0.15, 0.2) is 5.82 Å². The predicted molar refractivity (Wildman–Crippen MR) is 106 cm³/mol. The van der Waals surface area contributed by atoms with Crippen LogP contribution in [0.5, 0.6) is 0 Å². The zero-order valence-corrected chi connectivity index (χ0v) is 16.3. The topological polar surface area (TPSA) is 80.5 Å². The Morgan fingerprint density at radius 3 is 2.63 bits per heavy atom. The van der Waals surface area contributed by atoms with Crippen molar-refractivity contribution in [2.45, 2.75) is 0 Å². The second kappa shape index (κ2) is 5.80. The molecule has 132 valence electrons. The highest BCUT2D eigenvalue weighted by atomic mass is 79.9. The third-order valence-corrected chi connectivity index (χ3v) is 5.95. The van der Waals surface area contributed by atoms with Crippen LogP contribution in [-0.4, -0.2) is 32.5 Å². The Morgan fingerprint density at radius 1 is 1.11 bits per heavy atom. The van der Waals surface area contributed by atoms with E-state index >= 15 is 0 Å². The summed E-state index contributed by atoms with van der Waals surface area (Å²) in [6, 6.07) is 9.14. The molecule has 5 rings (SSSR count). The Balaban J connectivity index is 1.78. The minimum Gasteiger partial charge on any atom is -0.311 e. The van der Waals surface area contributed by atoms with Gasteiger partial charge in [-0.15, -0.1) is 5.10 Å². The Morgan fingerprint density at radius 2 is 1.89 bits per heavy atom. The molecular formula is C18H10BrN5O2S. The molecule has 4 heterocycles. The second-order valence-electron chi connectivity index (χ2n) is 6.00. The van der Waals surface area contributed by atoms with Crippen molar-refractivity contribution in [1.29, 1.82) is 0 Å². The summed E-state index contributed by atoms with van der Waals surface area (Å²) >= 11 is 4.61. The number of thiazole rings is 1. The maximum Gasteiger partial charge on any atom is 0.291 e. The molecule has 0 saturated heterocycles. The number of hydrogen-bond donors (Lipinski definition) is 0. The van der Waals surface area contributed by atoms with E-state index in [-0.39, 0.29) is 11.5 Å². The maximum absolute atomic E-state index is 13.0. The van der Waals surface area contributed by atoms with Gasteiger partial charge >= 0.3 is 0 Å². The minimum absolute atomic E-state index is 0.209. The third-order valence-electron chi connectivity index (χ3n) is 4.43. The lowest BCUT2D eigenvalue weighted by atomic mass is 10.1. The molecule has 0 saturated carbocycles. The van der Waals surface area contributed by atoms with Crippen molar-refractivity contribution in [2.75, 3.05) is 11.9 Å². The van der Waals surface area contributed by atoms with Crippen molar-refractivity contribution in [3.63, 3.8) is 0 Å². The Labute approximate surface area is 164 Å². The summed E-state index contributed by atoms with van der Waals surface area (Å²) in [5.74, 6) is 0.245. The van der Waals surface area contributed by atoms with Crippen molar-refractivity contribution in [1.82, 2.24) is 19.6 Å². The van der Waals surface area contributed by atoms with Crippen LogP contribution in [0.25, 0.3) is 21.9 Å². The Bertz CT molecular complexity index is 1350. The fraction of sp³-hybridized carbons (Fsp3) is 0.0556. The van der Waals surface area contributed by atoms with Gasteiger partial charge in [-0.3, -0.25) is 14.6 Å². The molecule has 0 unspecified atom stereocenters. The largest absolute Gasteiger partial charge is 0.311 e. The first-order chi connectivity index (χ1) is 13.0. The van der Waals surface area contributed by atoms with Crippen LogP contribution >= 0.6 is 27.3 Å². The number of hydrogen-bond acceptors (Lipinski definition) is 6. The third kappa shape index (κ3) is 2.35. The van der Waals surface area contributed by atoms with E-state index in [2.05, 4.69) is 31.0 Å². The van der Waals surface area contributed by atoms with Gasteiger partial charge in [0, 0.05) is 35.0 Å². The first kappa shape index (κ1) is 16.3. The number of aromatic nitrogens is 4. The van der Waals surface area contributed by atoms with Crippen LogP contribution in [0.1, 0.15) is 5.56 Å². The molecule has 3 aromatic heterocycles. The van der Waals surface area contributed by atoms with Gasteiger partial charge in [0.2, 0.25) is 4.96 Å². The van der Waals surface area contributed by atoms with Crippen LogP contribution < -0.4 is 15.0 Å². The van der Waals surface area contributed by atoms with Crippen LogP contribution in [0.15, 0.2) is 52.0 Å². The lowest BCUT2D eigenvalue weighted by Crippen LogP contribution is -2.30. The van der Waals surface area contributed by atoms with Crippen LogP contribution in [0, 0.1) is 0 Å². The number of carbonyl (C=O) groups is 1. The number of amides is 1. The van der Waals surface area contributed by atoms with Gasteiger partial charge in [-0.25, -0.2) is 0 Å². The molecule has 0 bridgehead atoms. The summed E-state index contributed by atoms with van der Waals surface area (Å²) in [6.45, 7) is 0. The zero-order valence-electron chi connectivity index (χ0n) is 13.9. The number of rotatable bonds is 1. The van der Waals surface area contributed by atoms with Crippen LogP contribution in [0.3, 0.4) is 0 Å². The number of likely N-dealkylation sites (N-methyl/N-ethyl adjacent to an activating group) is 1. The van der Waals surface area contributed by atoms with Crippen LogP contribution in [-0.2, 0) is 4.79 Å². The molecule has 0 radical (unpaired) electrons. The molecule has 1 amide bonds. The van der Waals surface area contributed by atoms with E-state index in [1.165, 1.54) is 15.9 Å². The highest BCUT2D eigenvalue weighted by molar-refractivity contribution is 9.10. The number of fused-ring (bicyclic) bond motifs is 2. The molecule has 1 aromatic carbocycles. The van der Waals surface area contributed by atoms with Gasteiger partial charge in [0.05, 0.1) is 11.3 Å². The van der Waals surface area contributed by atoms with E-state index < -0.39 is 0 Å². The van der Waals surface area contributed by atoms with Crippen molar-refractivity contribution in [2.24, 2.45) is 0 Å². The molecule has 0 N–H and O–H groups in total. The van der Waals surface area contributed by atoms with E-state index in [0.29, 0.717) is 20.9 Å². The summed E-state index contributed by atoms with van der Waals surface area (Å²) in [4.78, 5) is 36.2. The first-order valence-electron chi connectivity index (χ1n) is 7.97. The molecule has 1 aliphatic heterocycles. The summed E-state index contributed by atoms with van der Waals surface area (Å²) in [5, 5.41) is 4.32. The summed E-state index contributed by atoms with van der Waals surface area (Å²) in [7, 11) is 1.70. The molecule has 0 spiro atoms. The van der Waals surface area contributed by atoms with Gasteiger partial charge in [0.25, 0.3) is 11.5 Å². The fourth-order valence-corrected chi connectivity index (χ4v) is 4.48. The van der Waals surface area contributed by atoms with E-state index in [4.69, 9.17) is 0 Å². The summed E-state index contributed by atoms with van der Waals surface area (Å²) in [5.41, 5.74) is 2.33. The number of carbonyl (C=O) groups excluding carboxylic acids is 1. The number of halogens is 1. The molecule has 4 aromatic rings. The van der Waals surface area contributed by atoms with Crippen molar-refractivity contribution in [3.8, 4) is 11.4 Å². The summed E-state index contributed by atoms with van der Waals surface area (Å²) < 4.78 is 2.44. The van der Waals surface area contributed by atoms with Gasteiger partial charge in [-0.1, -0.05) is 27.3 Å². The van der Waals surface area contributed by atoms with Crippen molar-refractivity contribution in [3.05, 3.63) is 67.6 Å². The number of benzene rings is 1. The molecule has 1 aliphatic rings. The van der Waals surface area contributed by atoms with Crippen LogP contribution in [0.2, 0.25) is 0 Å². The average Bonchev–Trinajstić information content (AvgIpc) is 3.29. The molecular weight excluding hydrogens is 430 g/mol. The fourth-order valence-electron chi connectivity index (χ4n) is 3.12. The Kier molecular flexibility index (Phi) is 3.49. The number of anilines is 1. The van der Waals surface area contributed by atoms with E-state index in [9.17, 15) is 9.59 Å². The van der Waals surface area contributed by atoms with Gasteiger partial charge in [0.1, 0.15) is 4.53 Å². The second-order valence-corrected chi connectivity index (χ2v) is 7.90. The minimum atomic E-state index is -0.340. The average molecular weight is 440 g/mol. The number of pyridine rings is 1. The molecule has 0 fully saturated rings. The highest BCUT2D eigenvalue weighted by Gasteiger charge is 2.32. The van der Waals surface area contributed by atoms with Gasteiger partial charge < -0.3 is 4.90 Å². The lowest BCUT2D eigenvalue weighted by molar-refractivity contribution is -0.112. The summed E-state index contributed by atoms with van der Waals surface area (Å²) in [6.07, 6.45) is 3.29.